The second kappa shape index (κ2) is 4.04. The number of rotatable bonds is 4. The Balaban J connectivity index is 2.75. The van der Waals surface area contributed by atoms with Gasteiger partial charge < -0.3 is 16.0 Å². The van der Waals surface area contributed by atoms with Gasteiger partial charge in [-0.15, -0.1) is 0 Å². The molecule has 0 saturated heterocycles. The monoisotopic (exact) mass is 182 g/mol. The van der Waals surface area contributed by atoms with Gasteiger partial charge in [0.25, 0.3) is 0 Å². The Morgan fingerprint density at radius 2 is 2.46 bits per heavy atom. The van der Waals surface area contributed by atoms with Crippen LogP contribution in [0.3, 0.4) is 0 Å². The fraction of sp³-hybridized carbons (Fsp3) is 0.500. The summed E-state index contributed by atoms with van der Waals surface area (Å²) in [7, 11) is 0. The smallest absolute Gasteiger partial charge is 0.219 e. The molecular formula is C8H14N4O. The van der Waals surface area contributed by atoms with E-state index in [1.54, 1.807) is 6.20 Å². The largest absolute Gasteiger partial charge is 0.370 e. The normalized spacial score (nSPS) is 12.8. The van der Waals surface area contributed by atoms with Crippen LogP contribution in [0.25, 0.3) is 0 Å². The number of aromatic nitrogens is 2. The highest BCUT2D eigenvalue weighted by Gasteiger charge is 2.13. The summed E-state index contributed by atoms with van der Waals surface area (Å²) < 4.78 is 1.90. The summed E-state index contributed by atoms with van der Waals surface area (Å²) in [4.78, 5) is 14.7. The topological polar surface area (TPSA) is 86.9 Å². The first kappa shape index (κ1) is 9.73. The van der Waals surface area contributed by atoms with E-state index in [4.69, 9.17) is 11.5 Å². The molecule has 0 aliphatic rings. The minimum Gasteiger partial charge on any atom is -0.370 e. The van der Waals surface area contributed by atoms with Crippen LogP contribution >= 0.6 is 0 Å². The third-order valence-electron chi connectivity index (χ3n) is 1.84. The number of nitrogens with zero attached hydrogens (tertiary/aromatic N) is 2. The van der Waals surface area contributed by atoms with Crippen LogP contribution in [0.1, 0.15) is 25.2 Å². The molecular weight excluding hydrogens is 168 g/mol. The SMILES string of the molecule is CCn1ccnc1[C@@H](N)CC(N)=O. The van der Waals surface area contributed by atoms with Crippen molar-refractivity contribution in [3.05, 3.63) is 18.2 Å². The first-order valence-corrected chi connectivity index (χ1v) is 4.20. The molecule has 13 heavy (non-hydrogen) atoms. The molecule has 0 aliphatic heterocycles. The zero-order valence-electron chi connectivity index (χ0n) is 7.60. The molecule has 5 nitrogen and oxygen atoms in total. The van der Waals surface area contributed by atoms with E-state index in [-0.39, 0.29) is 6.42 Å². The Bertz CT molecular complexity index is 294. The van der Waals surface area contributed by atoms with Crippen molar-refractivity contribution in [2.75, 3.05) is 0 Å². The van der Waals surface area contributed by atoms with Crippen molar-refractivity contribution in [1.82, 2.24) is 9.55 Å². The molecule has 1 heterocycles. The van der Waals surface area contributed by atoms with Gasteiger partial charge in [0.1, 0.15) is 5.82 Å². The minimum atomic E-state index is -0.404. The molecule has 0 fully saturated rings. The Labute approximate surface area is 76.7 Å². The Morgan fingerprint density at radius 1 is 1.77 bits per heavy atom. The lowest BCUT2D eigenvalue weighted by atomic mass is 10.2. The Hall–Kier alpha value is -1.36. The molecule has 0 bridgehead atoms. The predicted molar refractivity (Wildman–Crippen MR) is 48.6 cm³/mol. The van der Waals surface area contributed by atoms with Gasteiger partial charge in [-0.25, -0.2) is 4.98 Å². The lowest BCUT2D eigenvalue weighted by molar-refractivity contribution is -0.118. The van der Waals surface area contributed by atoms with E-state index >= 15 is 0 Å². The van der Waals surface area contributed by atoms with Crippen molar-refractivity contribution in [3.8, 4) is 0 Å². The first-order chi connectivity index (χ1) is 6.15. The Kier molecular flexibility index (Phi) is 3.02. The minimum absolute atomic E-state index is 0.136. The number of amides is 1. The summed E-state index contributed by atoms with van der Waals surface area (Å²) in [5, 5.41) is 0. The summed E-state index contributed by atoms with van der Waals surface area (Å²) in [5.41, 5.74) is 10.8. The van der Waals surface area contributed by atoms with Crippen LogP contribution in [0.15, 0.2) is 12.4 Å². The molecule has 0 unspecified atom stereocenters. The van der Waals surface area contributed by atoms with E-state index in [2.05, 4.69) is 4.98 Å². The van der Waals surface area contributed by atoms with Gasteiger partial charge in [0.15, 0.2) is 0 Å². The second-order valence-electron chi connectivity index (χ2n) is 2.85. The van der Waals surface area contributed by atoms with Crippen LogP contribution in [0.2, 0.25) is 0 Å². The lowest BCUT2D eigenvalue weighted by Gasteiger charge is -2.10. The molecule has 1 aromatic heterocycles. The van der Waals surface area contributed by atoms with E-state index in [1.165, 1.54) is 0 Å². The van der Waals surface area contributed by atoms with Crippen molar-refractivity contribution >= 4 is 5.91 Å². The zero-order valence-corrected chi connectivity index (χ0v) is 7.60. The zero-order chi connectivity index (χ0) is 9.84. The maximum Gasteiger partial charge on any atom is 0.219 e. The van der Waals surface area contributed by atoms with Crippen LogP contribution < -0.4 is 11.5 Å². The number of carbonyl (C=O) groups excluding carboxylic acids is 1. The maximum atomic E-state index is 10.6. The van der Waals surface area contributed by atoms with E-state index in [1.807, 2.05) is 17.7 Å². The number of carbonyl (C=O) groups is 1. The molecule has 0 radical (unpaired) electrons. The van der Waals surface area contributed by atoms with Gasteiger partial charge in [0.05, 0.1) is 6.04 Å². The van der Waals surface area contributed by atoms with E-state index < -0.39 is 11.9 Å². The molecule has 0 aliphatic carbocycles. The second-order valence-corrected chi connectivity index (χ2v) is 2.85. The highest BCUT2D eigenvalue weighted by Crippen LogP contribution is 2.10. The van der Waals surface area contributed by atoms with Crippen LogP contribution in [0.5, 0.6) is 0 Å². The van der Waals surface area contributed by atoms with Crippen LogP contribution in [0.4, 0.5) is 0 Å². The standard InChI is InChI=1S/C8H14N4O/c1-2-12-4-3-11-8(12)6(9)5-7(10)13/h3-4,6H,2,5,9H2,1H3,(H2,10,13)/t6-/m0/s1. The van der Waals surface area contributed by atoms with E-state index in [0.717, 1.165) is 6.54 Å². The molecule has 0 saturated carbocycles. The van der Waals surface area contributed by atoms with Gasteiger partial charge in [-0.3, -0.25) is 4.79 Å². The number of nitrogens with two attached hydrogens (primary N) is 2. The first-order valence-electron chi connectivity index (χ1n) is 4.20. The summed E-state index contributed by atoms with van der Waals surface area (Å²) >= 11 is 0. The third kappa shape index (κ3) is 2.29. The number of hydrogen-bond acceptors (Lipinski definition) is 3. The van der Waals surface area contributed by atoms with Gasteiger partial charge >= 0.3 is 0 Å². The molecule has 1 amide bonds. The highest BCUT2D eigenvalue weighted by molar-refractivity contribution is 5.74. The average molecular weight is 182 g/mol. The Morgan fingerprint density at radius 3 is 3.00 bits per heavy atom. The molecule has 1 aromatic rings. The van der Waals surface area contributed by atoms with Gasteiger partial charge in [-0.1, -0.05) is 0 Å². The molecule has 0 aromatic carbocycles. The van der Waals surface area contributed by atoms with Crippen molar-refractivity contribution < 1.29 is 4.79 Å². The van der Waals surface area contributed by atoms with Crippen molar-refractivity contribution in [1.29, 1.82) is 0 Å². The summed E-state index contributed by atoms with van der Waals surface area (Å²) in [5.74, 6) is 0.305. The van der Waals surface area contributed by atoms with E-state index in [0.29, 0.717) is 5.82 Å². The van der Waals surface area contributed by atoms with E-state index in [9.17, 15) is 4.79 Å². The number of imidazole rings is 1. The van der Waals surface area contributed by atoms with Crippen molar-refractivity contribution in [3.63, 3.8) is 0 Å². The molecule has 72 valence electrons. The van der Waals surface area contributed by atoms with Gasteiger partial charge in [-0.2, -0.15) is 0 Å². The van der Waals surface area contributed by atoms with Crippen LogP contribution in [0, 0.1) is 0 Å². The predicted octanol–water partition coefficient (Wildman–Crippen LogP) is -0.222. The fourth-order valence-electron chi connectivity index (χ4n) is 1.22. The fourth-order valence-corrected chi connectivity index (χ4v) is 1.22. The van der Waals surface area contributed by atoms with Crippen LogP contribution in [-0.2, 0) is 11.3 Å². The number of hydrogen-bond donors (Lipinski definition) is 2. The van der Waals surface area contributed by atoms with Crippen molar-refractivity contribution in [2.24, 2.45) is 11.5 Å². The quantitative estimate of drug-likeness (QED) is 0.674. The van der Waals surface area contributed by atoms with Gasteiger partial charge in [0, 0.05) is 25.4 Å². The average Bonchev–Trinajstić information content (AvgIpc) is 2.49. The van der Waals surface area contributed by atoms with Gasteiger partial charge in [0.2, 0.25) is 5.91 Å². The molecule has 0 spiro atoms. The number of primary amides is 1. The molecule has 1 rings (SSSR count). The summed E-state index contributed by atoms with van der Waals surface area (Å²) in [6.07, 6.45) is 3.63. The molecule has 5 heteroatoms. The lowest BCUT2D eigenvalue weighted by Crippen LogP contribution is -2.23. The number of aryl methyl sites for hydroxylation is 1. The van der Waals surface area contributed by atoms with Gasteiger partial charge in [-0.05, 0) is 6.92 Å². The summed E-state index contributed by atoms with van der Waals surface area (Å²) in [6, 6.07) is -0.396. The maximum absolute atomic E-state index is 10.6. The third-order valence-corrected chi connectivity index (χ3v) is 1.84. The summed E-state index contributed by atoms with van der Waals surface area (Å²) in [6.45, 7) is 2.78. The van der Waals surface area contributed by atoms with Crippen molar-refractivity contribution in [2.45, 2.75) is 25.9 Å². The molecule has 4 N–H and O–H groups in total. The molecule has 1 atom stereocenters. The van der Waals surface area contributed by atoms with Crippen LogP contribution in [-0.4, -0.2) is 15.5 Å². The highest BCUT2D eigenvalue weighted by atomic mass is 16.1.